The van der Waals surface area contributed by atoms with Gasteiger partial charge in [-0.2, -0.15) is 0 Å². The molecule has 0 aliphatic heterocycles. The highest BCUT2D eigenvalue weighted by molar-refractivity contribution is 6.32. The highest BCUT2D eigenvalue weighted by Gasteiger charge is 2.51. The Balaban J connectivity index is 2.87. The summed E-state index contributed by atoms with van der Waals surface area (Å²) in [5, 5.41) is 0.597. The summed E-state index contributed by atoms with van der Waals surface area (Å²) in [4.78, 5) is 0. The summed E-state index contributed by atoms with van der Waals surface area (Å²) in [5.74, 6) is 0. The van der Waals surface area contributed by atoms with Crippen LogP contribution in [0.4, 0.5) is 0 Å². The van der Waals surface area contributed by atoms with E-state index < -0.39 is 9.76 Å². The molecule has 0 aromatic rings. The molecule has 0 N–H and O–H groups in total. The average Bonchev–Trinajstić information content (AvgIpc) is 2.85. The summed E-state index contributed by atoms with van der Waals surface area (Å²) in [6.45, 7) is 10.5. The zero-order chi connectivity index (χ0) is 24.8. The van der Waals surface area contributed by atoms with Crippen molar-refractivity contribution >= 4 is 9.76 Å². The van der Waals surface area contributed by atoms with Gasteiger partial charge >= 0.3 is 0 Å². The first-order valence-electron chi connectivity index (χ1n) is 16.3. The van der Waals surface area contributed by atoms with Gasteiger partial charge in [0.15, 0.2) is 9.76 Å². The van der Waals surface area contributed by atoms with Crippen LogP contribution >= 0.6 is 0 Å². The topological polar surface area (TPSA) is 9.23 Å². The van der Waals surface area contributed by atoms with Gasteiger partial charge in [-0.1, -0.05) is 150 Å². The molecule has 0 heterocycles. The van der Waals surface area contributed by atoms with Crippen molar-refractivity contribution in [2.75, 3.05) is 6.61 Å². The van der Waals surface area contributed by atoms with Crippen LogP contribution in [0.2, 0.25) is 5.04 Å². The standard InChI is InChI=1S/C32H66OSi/c1-5-9-13-17-18-24-30-33-34-32(28-21-16-12-8-4)29-23-22-27-31(32,25-19-14-10-6-2)26-20-15-11-7-3/h5-30,34H2,1-4H3. The highest BCUT2D eigenvalue weighted by atomic mass is 28.2. The first-order valence-corrected chi connectivity index (χ1v) is 17.6. The van der Waals surface area contributed by atoms with Crippen molar-refractivity contribution in [3.05, 3.63) is 0 Å². The molecule has 0 bridgehead atoms. The van der Waals surface area contributed by atoms with Crippen LogP contribution < -0.4 is 0 Å². The van der Waals surface area contributed by atoms with E-state index in [1.165, 1.54) is 161 Å². The molecule has 1 atom stereocenters. The van der Waals surface area contributed by atoms with Gasteiger partial charge in [-0.05, 0) is 49.0 Å². The monoisotopic (exact) mass is 494 g/mol. The summed E-state index contributed by atoms with van der Waals surface area (Å²) < 4.78 is 6.79. The van der Waals surface area contributed by atoms with Gasteiger partial charge < -0.3 is 4.43 Å². The predicted octanol–water partition coefficient (Wildman–Crippen LogP) is 11.1. The molecule has 1 aliphatic carbocycles. The van der Waals surface area contributed by atoms with Crippen molar-refractivity contribution in [1.29, 1.82) is 0 Å². The average molecular weight is 495 g/mol. The van der Waals surface area contributed by atoms with Crippen molar-refractivity contribution in [2.45, 2.75) is 193 Å². The van der Waals surface area contributed by atoms with Gasteiger partial charge in [0.2, 0.25) is 0 Å². The Morgan fingerprint density at radius 1 is 0.500 bits per heavy atom. The van der Waals surface area contributed by atoms with Crippen molar-refractivity contribution in [3.8, 4) is 0 Å². The molecule has 0 spiro atoms. The lowest BCUT2D eigenvalue weighted by Gasteiger charge is -2.55. The van der Waals surface area contributed by atoms with E-state index in [2.05, 4.69) is 27.7 Å². The second-order valence-corrected chi connectivity index (χ2v) is 14.1. The third kappa shape index (κ3) is 12.4. The number of hydrogen-bond donors (Lipinski definition) is 0. The maximum absolute atomic E-state index is 6.79. The molecule has 204 valence electrons. The van der Waals surface area contributed by atoms with E-state index in [4.69, 9.17) is 4.43 Å². The van der Waals surface area contributed by atoms with E-state index in [1.807, 2.05) is 0 Å². The minimum absolute atomic E-state index is 0.503. The van der Waals surface area contributed by atoms with Crippen LogP contribution in [0.25, 0.3) is 0 Å². The van der Waals surface area contributed by atoms with E-state index >= 15 is 0 Å². The summed E-state index contributed by atoms with van der Waals surface area (Å²) in [5.41, 5.74) is 0.617. The molecule has 1 aliphatic rings. The fourth-order valence-electron chi connectivity index (χ4n) is 6.97. The van der Waals surface area contributed by atoms with Crippen LogP contribution in [0.15, 0.2) is 0 Å². The maximum Gasteiger partial charge on any atom is 0.168 e. The van der Waals surface area contributed by atoms with Crippen molar-refractivity contribution < 1.29 is 4.43 Å². The second kappa shape index (κ2) is 21.3. The van der Waals surface area contributed by atoms with Crippen molar-refractivity contribution in [3.63, 3.8) is 0 Å². The van der Waals surface area contributed by atoms with Crippen LogP contribution in [0.3, 0.4) is 0 Å². The maximum atomic E-state index is 6.79. The van der Waals surface area contributed by atoms with Gasteiger partial charge in [0.1, 0.15) is 0 Å². The Bertz CT molecular complexity index is 425. The van der Waals surface area contributed by atoms with Crippen LogP contribution in [0.1, 0.15) is 188 Å². The van der Waals surface area contributed by atoms with E-state index in [1.54, 1.807) is 0 Å². The molecule has 0 saturated heterocycles. The van der Waals surface area contributed by atoms with Gasteiger partial charge in [-0.3, -0.25) is 0 Å². The molecule has 1 unspecified atom stereocenters. The van der Waals surface area contributed by atoms with Crippen LogP contribution in [-0.4, -0.2) is 16.4 Å². The van der Waals surface area contributed by atoms with Gasteiger partial charge in [0.05, 0.1) is 0 Å². The predicted molar refractivity (Wildman–Crippen MR) is 158 cm³/mol. The molecule has 0 radical (unpaired) electrons. The van der Waals surface area contributed by atoms with Crippen LogP contribution in [0, 0.1) is 5.41 Å². The molecule has 1 fully saturated rings. The summed E-state index contributed by atoms with van der Waals surface area (Å²) in [6.07, 6.45) is 36.0. The molecular weight excluding hydrogens is 428 g/mol. The Morgan fingerprint density at radius 2 is 0.941 bits per heavy atom. The Kier molecular flexibility index (Phi) is 20.2. The van der Waals surface area contributed by atoms with Gasteiger partial charge in [0, 0.05) is 6.61 Å². The normalized spacial score (nSPS) is 20.5. The lowest BCUT2D eigenvalue weighted by molar-refractivity contribution is 0.0579. The number of hydrogen-bond acceptors (Lipinski definition) is 1. The lowest BCUT2D eigenvalue weighted by Crippen LogP contribution is -2.44. The molecule has 1 rings (SSSR count). The quantitative estimate of drug-likeness (QED) is 0.0957. The first-order chi connectivity index (χ1) is 16.7. The lowest BCUT2D eigenvalue weighted by atomic mass is 9.59. The Hall–Kier alpha value is 0.177. The molecular formula is C32H66OSi. The summed E-state index contributed by atoms with van der Waals surface area (Å²) in [7, 11) is -0.503. The fourth-order valence-corrected chi connectivity index (χ4v) is 9.34. The summed E-state index contributed by atoms with van der Waals surface area (Å²) in [6, 6.07) is 0. The van der Waals surface area contributed by atoms with Crippen molar-refractivity contribution in [1.82, 2.24) is 0 Å². The largest absolute Gasteiger partial charge is 0.423 e. The molecule has 0 aromatic carbocycles. The molecule has 0 aromatic heterocycles. The number of unbranched alkanes of at least 4 members (excludes halogenated alkanes) is 14. The van der Waals surface area contributed by atoms with Gasteiger partial charge in [-0.15, -0.1) is 0 Å². The van der Waals surface area contributed by atoms with E-state index in [0.29, 0.717) is 10.5 Å². The molecule has 34 heavy (non-hydrogen) atoms. The molecule has 1 saturated carbocycles. The number of rotatable bonds is 24. The van der Waals surface area contributed by atoms with E-state index in [-0.39, 0.29) is 0 Å². The smallest absolute Gasteiger partial charge is 0.168 e. The van der Waals surface area contributed by atoms with E-state index in [0.717, 1.165) is 6.61 Å². The minimum atomic E-state index is -0.503. The first kappa shape index (κ1) is 32.2. The molecule has 2 heteroatoms. The van der Waals surface area contributed by atoms with Crippen LogP contribution in [-0.2, 0) is 4.43 Å². The fraction of sp³-hybridized carbons (Fsp3) is 1.00. The van der Waals surface area contributed by atoms with Gasteiger partial charge in [-0.25, -0.2) is 0 Å². The minimum Gasteiger partial charge on any atom is -0.423 e. The third-order valence-corrected chi connectivity index (χ3v) is 11.7. The third-order valence-electron chi connectivity index (χ3n) is 9.23. The highest BCUT2D eigenvalue weighted by Crippen LogP contribution is 2.63. The SMILES string of the molecule is CCCCCCCCO[SiH2]C1(CCCCCC)CCCCC1(CCCCCC)CCCCCC. The molecule has 0 amide bonds. The van der Waals surface area contributed by atoms with Crippen molar-refractivity contribution in [2.24, 2.45) is 5.41 Å². The van der Waals surface area contributed by atoms with Crippen LogP contribution in [0.5, 0.6) is 0 Å². The zero-order valence-electron chi connectivity index (χ0n) is 24.5. The Morgan fingerprint density at radius 3 is 1.50 bits per heavy atom. The molecule has 1 nitrogen and oxygen atoms in total. The van der Waals surface area contributed by atoms with Gasteiger partial charge in [0.25, 0.3) is 0 Å². The Labute approximate surface area is 219 Å². The zero-order valence-corrected chi connectivity index (χ0v) is 25.9. The second-order valence-electron chi connectivity index (χ2n) is 12.0. The van der Waals surface area contributed by atoms with E-state index in [9.17, 15) is 0 Å². The summed E-state index contributed by atoms with van der Waals surface area (Å²) >= 11 is 0.